The first-order valence-corrected chi connectivity index (χ1v) is 13.5. The Kier molecular flexibility index (Phi) is 9.83. The lowest BCUT2D eigenvalue weighted by atomic mass is 9.70. The topological polar surface area (TPSA) is 29.5 Å². The summed E-state index contributed by atoms with van der Waals surface area (Å²) in [4.78, 5) is 0. The molecule has 2 aromatic rings. The molecule has 0 bridgehead atoms. The summed E-state index contributed by atoms with van der Waals surface area (Å²) in [7, 11) is 0. The van der Waals surface area contributed by atoms with Crippen LogP contribution in [-0.4, -0.2) is 11.2 Å². The number of hydrogen-bond acceptors (Lipinski definition) is 2. The van der Waals surface area contributed by atoms with E-state index >= 15 is 0 Å². The lowest BCUT2D eigenvalue weighted by Gasteiger charge is -2.35. The third kappa shape index (κ3) is 6.98. The molecule has 2 aromatic carbocycles. The van der Waals surface area contributed by atoms with E-state index in [1.807, 2.05) is 6.07 Å². The number of unbranched alkanes of at least 4 members (excludes halogenated alkanes) is 3. The summed E-state index contributed by atoms with van der Waals surface area (Å²) >= 11 is 0. The summed E-state index contributed by atoms with van der Waals surface area (Å²) in [6, 6.07) is 17.5. The first-order chi connectivity index (χ1) is 16.4. The molecule has 2 nitrogen and oxygen atoms in total. The molecule has 2 heteroatoms. The van der Waals surface area contributed by atoms with Crippen molar-refractivity contribution >= 4 is 0 Å². The van der Waals surface area contributed by atoms with Crippen LogP contribution < -0.4 is 4.74 Å². The number of allylic oxidation sites excluding steroid dienone is 1. The molecule has 34 heavy (non-hydrogen) atoms. The molecule has 1 saturated carbocycles. The maximum absolute atomic E-state index is 10.4. The minimum atomic E-state index is -0.193. The van der Waals surface area contributed by atoms with Crippen LogP contribution >= 0.6 is 0 Å². The van der Waals surface area contributed by atoms with Gasteiger partial charge in [0.25, 0.3) is 0 Å². The van der Waals surface area contributed by atoms with Crippen molar-refractivity contribution in [3.05, 3.63) is 77.9 Å². The summed E-state index contributed by atoms with van der Waals surface area (Å²) in [6.45, 7) is 11.7. The van der Waals surface area contributed by atoms with Crippen LogP contribution in [0.25, 0.3) is 0 Å². The highest BCUT2D eigenvalue weighted by molar-refractivity contribution is 5.45. The van der Waals surface area contributed by atoms with Crippen molar-refractivity contribution in [3.8, 4) is 5.75 Å². The molecular weight excluding hydrogens is 416 g/mol. The van der Waals surface area contributed by atoms with E-state index in [1.165, 1.54) is 48.8 Å². The van der Waals surface area contributed by atoms with Crippen LogP contribution in [0.4, 0.5) is 0 Å². The molecule has 1 fully saturated rings. The van der Waals surface area contributed by atoms with Crippen molar-refractivity contribution in [2.24, 2.45) is 0 Å². The molecule has 0 radical (unpaired) electrons. The van der Waals surface area contributed by atoms with Crippen molar-refractivity contribution in [2.75, 3.05) is 0 Å². The van der Waals surface area contributed by atoms with E-state index in [0.717, 1.165) is 44.3 Å². The Bertz CT molecular complexity index is 885. The van der Waals surface area contributed by atoms with Crippen molar-refractivity contribution in [2.45, 2.75) is 115 Å². The monoisotopic (exact) mass is 462 g/mol. The highest BCUT2D eigenvalue weighted by Crippen LogP contribution is 2.46. The van der Waals surface area contributed by atoms with Crippen LogP contribution in [0.3, 0.4) is 0 Å². The molecule has 1 aliphatic rings. The van der Waals surface area contributed by atoms with Gasteiger partial charge in [0.2, 0.25) is 0 Å². The summed E-state index contributed by atoms with van der Waals surface area (Å²) in [5, 5.41) is 10.4. The number of hydrogen-bond donors (Lipinski definition) is 1. The summed E-state index contributed by atoms with van der Waals surface area (Å²) in [5.41, 5.74) is 3.94. The van der Waals surface area contributed by atoms with Gasteiger partial charge in [0, 0.05) is 11.0 Å². The van der Waals surface area contributed by atoms with E-state index in [1.54, 1.807) is 0 Å². The van der Waals surface area contributed by atoms with Gasteiger partial charge in [0.1, 0.15) is 12.4 Å². The Morgan fingerprint density at radius 3 is 2.59 bits per heavy atom. The fourth-order valence-corrected chi connectivity index (χ4v) is 5.62. The standard InChI is InChI=1S/C32H46O2/c1-5-7-8-12-21-31(3,4)27-17-18-29(30(24-27)34-25-26-14-10-9-11-15-26)32(20-6-2)22-13-16-28(33)19-23-32/h6,9-11,14-15,17-18,24,28,33H,2,5,7-8,12-13,16,19-23,25H2,1,3-4H3. The van der Waals surface area contributed by atoms with E-state index in [0.29, 0.717) is 6.61 Å². The molecule has 1 N–H and O–H groups in total. The maximum atomic E-state index is 10.4. The fourth-order valence-electron chi connectivity index (χ4n) is 5.62. The number of ether oxygens (including phenoxy) is 1. The van der Waals surface area contributed by atoms with E-state index in [9.17, 15) is 5.11 Å². The van der Waals surface area contributed by atoms with Crippen LogP contribution in [0.15, 0.2) is 61.2 Å². The van der Waals surface area contributed by atoms with E-state index in [4.69, 9.17) is 4.74 Å². The molecule has 0 amide bonds. The zero-order valence-corrected chi connectivity index (χ0v) is 21.8. The molecule has 2 unspecified atom stereocenters. The predicted octanol–water partition coefficient (Wildman–Crippen LogP) is 8.65. The molecule has 2 atom stereocenters. The van der Waals surface area contributed by atoms with Gasteiger partial charge >= 0.3 is 0 Å². The second-order valence-electron chi connectivity index (χ2n) is 11.0. The predicted molar refractivity (Wildman–Crippen MR) is 145 cm³/mol. The largest absolute Gasteiger partial charge is 0.489 e. The van der Waals surface area contributed by atoms with Gasteiger partial charge in [0.05, 0.1) is 6.10 Å². The highest BCUT2D eigenvalue weighted by Gasteiger charge is 2.36. The van der Waals surface area contributed by atoms with Crippen molar-refractivity contribution in [1.82, 2.24) is 0 Å². The quantitative estimate of drug-likeness (QED) is 0.194. The number of benzene rings is 2. The molecule has 0 saturated heterocycles. The van der Waals surface area contributed by atoms with Crippen LogP contribution in [0.1, 0.15) is 108 Å². The molecule has 0 aromatic heterocycles. The molecule has 0 spiro atoms. The van der Waals surface area contributed by atoms with Crippen LogP contribution in [0.5, 0.6) is 5.75 Å². The van der Waals surface area contributed by atoms with Gasteiger partial charge in [-0.2, -0.15) is 0 Å². The number of rotatable bonds is 12. The third-order valence-electron chi connectivity index (χ3n) is 7.91. The molecule has 0 aliphatic heterocycles. The summed E-state index contributed by atoms with van der Waals surface area (Å²) in [6.07, 6.45) is 13.9. The second kappa shape index (κ2) is 12.6. The van der Waals surface area contributed by atoms with E-state index in [2.05, 4.69) is 75.9 Å². The Hall–Kier alpha value is -2.06. The van der Waals surface area contributed by atoms with Gasteiger partial charge in [-0.3, -0.25) is 0 Å². The van der Waals surface area contributed by atoms with Crippen LogP contribution in [0.2, 0.25) is 0 Å². The molecule has 0 heterocycles. The van der Waals surface area contributed by atoms with Crippen LogP contribution in [0, 0.1) is 0 Å². The first kappa shape index (κ1) is 26.5. The van der Waals surface area contributed by atoms with Gasteiger partial charge in [0.15, 0.2) is 0 Å². The summed E-state index contributed by atoms with van der Waals surface area (Å²) < 4.78 is 6.60. The molecule has 186 valence electrons. The average molecular weight is 463 g/mol. The van der Waals surface area contributed by atoms with Gasteiger partial charge in [-0.1, -0.05) is 95.0 Å². The van der Waals surface area contributed by atoms with Crippen LogP contribution in [-0.2, 0) is 17.4 Å². The minimum absolute atomic E-state index is 0.0188. The molecule has 3 rings (SSSR count). The first-order valence-electron chi connectivity index (χ1n) is 13.5. The second-order valence-corrected chi connectivity index (χ2v) is 11.0. The molecular formula is C32H46O2. The Labute approximate surface area is 208 Å². The summed E-state index contributed by atoms with van der Waals surface area (Å²) in [5.74, 6) is 1.02. The van der Waals surface area contributed by atoms with Gasteiger partial charge in [-0.05, 0) is 67.6 Å². The third-order valence-corrected chi connectivity index (χ3v) is 7.91. The minimum Gasteiger partial charge on any atom is -0.489 e. The lowest BCUT2D eigenvalue weighted by molar-refractivity contribution is 0.154. The van der Waals surface area contributed by atoms with Crippen molar-refractivity contribution < 1.29 is 9.84 Å². The van der Waals surface area contributed by atoms with Crippen molar-refractivity contribution in [3.63, 3.8) is 0 Å². The van der Waals surface area contributed by atoms with E-state index < -0.39 is 0 Å². The zero-order valence-electron chi connectivity index (χ0n) is 21.8. The van der Waals surface area contributed by atoms with Gasteiger partial charge < -0.3 is 9.84 Å². The average Bonchev–Trinajstić information content (AvgIpc) is 3.03. The van der Waals surface area contributed by atoms with Gasteiger partial charge in [-0.25, -0.2) is 0 Å². The van der Waals surface area contributed by atoms with Gasteiger partial charge in [-0.15, -0.1) is 6.58 Å². The lowest BCUT2D eigenvalue weighted by Crippen LogP contribution is -2.27. The maximum Gasteiger partial charge on any atom is 0.123 e. The number of aliphatic hydroxyl groups excluding tert-OH is 1. The normalized spacial score (nSPS) is 21.1. The Balaban J connectivity index is 1.95. The zero-order chi connectivity index (χ0) is 24.4. The highest BCUT2D eigenvalue weighted by atomic mass is 16.5. The molecule has 1 aliphatic carbocycles. The number of aliphatic hydroxyl groups is 1. The smallest absolute Gasteiger partial charge is 0.123 e. The SMILES string of the molecule is C=CCC1(c2ccc(C(C)(C)CCCCCC)cc2OCc2ccccc2)CCCC(O)CC1. The van der Waals surface area contributed by atoms with E-state index in [-0.39, 0.29) is 16.9 Å². The fraction of sp³-hybridized carbons (Fsp3) is 0.562. The Morgan fingerprint density at radius 2 is 1.85 bits per heavy atom. The Morgan fingerprint density at radius 1 is 1.06 bits per heavy atom. The van der Waals surface area contributed by atoms with Crippen molar-refractivity contribution in [1.29, 1.82) is 0 Å².